The lowest BCUT2D eigenvalue weighted by Gasteiger charge is -2.25. The van der Waals surface area contributed by atoms with Crippen molar-refractivity contribution in [1.82, 2.24) is 4.98 Å². The van der Waals surface area contributed by atoms with Gasteiger partial charge in [0.1, 0.15) is 5.37 Å². The van der Waals surface area contributed by atoms with Crippen molar-refractivity contribution < 1.29 is 9.72 Å². The van der Waals surface area contributed by atoms with Crippen molar-refractivity contribution >= 4 is 39.9 Å². The van der Waals surface area contributed by atoms with Gasteiger partial charge in [0.05, 0.1) is 27.1 Å². The van der Waals surface area contributed by atoms with Gasteiger partial charge in [-0.1, -0.05) is 60.7 Å². The Labute approximate surface area is 183 Å². The Hall–Kier alpha value is -3.58. The molecule has 0 radical (unpaired) electrons. The lowest BCUT2D eigenvalue weighted by molar-refractivity contribution is -0.385. The molecule has 1 N–H and O–H groups in total. The van der Waals surface area contributed by atoms with Crippen LogP contribution in [0, 0.1) is 10.1 Å². The number of nitrogens with one attached hydrogen (secondary N) is 1. The molecular formula is C24H19N3O3S. The van der Waals surface area contributed by atoms with Crippen molar-refractivity contribution in [3.8, 4) is 11.3 Å². The van der Waals surface area contributed by atoms with E-state index in [-0.39, 0.29) is 21.8 Å². The number of hydrogen-bond acceptors (Lipinski definition) is 4. The molecule has 7 heteroatoms. The van der Waals surface area contributed by atoms with Crippen molar-refractivity contribution in [2.45, 2.75) is 17.5 Å². The number of rotatable bonds is 4. The highest BCUT2D eigenvalue weighted by Crippen LogP contribution is 2.51. The number of hydrogen-bond donors (Lipinski definition) is 1. The number of para-hydroxylation sites is 2. The fourth-order valence-electron chi connectivity index (χ4n) is 4.12. The molecule has 1 amide bonds. The fourth-order valence-corrected chi connectivity index (χ4v) is 5.41. The van der Waals surface area contributed by atoms with Crippen LogP contribution in [0.25, 0.3) is 22.2 Å². The molecule has 0 aliphatic carbocycles. The fraction of sp³-hybridized carbons (Fsp3) is 0.125. The second kappa shape index (κ2) is 7.59. The number of thioether (sulfide) groups is 1. The Bertz CT molecular complexity index is 1300. The van der Waals surface area contributed by atoms with Gasteiger partial charge in [0.25, 0.3) is 5.69 Å². The third-order valence-corrected chi connectivity index (χ3v) is 6.87. The van der Waals surface area contributed by atoms with Gasteiger partial charge in [0.2, 0.25) is 5.91 Å². The van der Waals surface area contributed by atoms with Gasteiger partial charge in [-0.25, -0.2) is 0 Å². The van der Waals surface area contributed by atoms with E-state index in [9.17, 15) is 14.9 Å². The normalized spacial score (nSPS) is 18.6. The summed E-state index contributed by atoms with van der Waals surface area (Å²) in [7, 11) is 0. The maximum atomic E-state index is 13.4. The summed E-state index contributed by atoms with van der Waals surface area (Å²) in [5.41, 5.74) is 4.00. The highest BCUT2D eigenvalue weighted by Gasteiger charge is 2.44. The smallest absolute Gasteiger partial charge is 0.275 e. The quantitative estimate of drug-likeness (QED) is 0.323. The van der Waals surface area contributed by atoms with Crippen LogP contribution in [0.5, 0.6) is 0 Å². The standard InChI is InChI=1S/C24H19N3O3S/c1-15-23(28)26(24(31-15)18-12-6-8-14-20(18)27(29)30)22-17-11-5-7-13-19(17)25-21(22)16-9-3-2-4-10-16/h2-15,24-25H,1H3. The summed E-state index contributed by atoms with van der Waals surface area (Å²) in [4.78, 5) is 30.0. The number of nitrogens with zero attached hydrogens (tertiary/aromatic N) is 2. The number of fused-ring (bicyclic) bond motifs is 1. The number of nitro groups is 1. The summed E-state index contributed by atoms with van der Waals surface area (Å²) in [6, 6.07) is 24.3. The molecule has 1 aliphatic rings. The van der Waals surface area contributed by atoms with Gasteiger partial charge in [0.15, 0.2) is 0 Å². The Morgan fingerprint density at radius 2 is 1.65 bits per heavy atom. The van der Waals surface area contributed by atoms with Gasteiger partial charge in [0, 0.05) is 22.5 Å². The first-order valence-electron chi connectivity index (χ1n) is 9.94. The van der Waals surface area contributed by atoms with E-state index in [0.29, 0.717) is 5.56 Å². The Kier molecular flexibility index (Phi) is 4.75. The van der Waals surface area contributed by atoms with Crippen molar-refractivity contribution in [2.75, 3.05) is 4.90 Å². The number of aromatic nitrogens is 1. The topological polar surface area (TPSA) is 79.2 Å². The molecule has 154 valence electrons. The summed E-state index contributed by atoms with van der Waals surface area (Å²) >= 11 is 1.44. The van der Waals surface area contributed by atoms with Crippen LogP contribution in [-0.4, -0.2) is 21.1 Å². The molecule has 0 saturated carbocycles. The Morgan fingerprint density at radius 1 is 0.968 bits per heavy atom. The van der Waals surface area contributed by atoms with E-state index >= 15 is 0 Å². The SMILES string of the molecule is CC1SC(c2ccccc2[N+](=O)[O-])N(c2c(-c3ccccc3)[nH]c3ccccc23)C1=O. The van der Waals surface area contributed by atoms with Gasteiger partial charge in [-0.3, -0.25) is 19.8 Å². The lowest BCUT2D eigenvalue weighted by atomic mass is 10.1. The first-order valence-corrected chi connectivity index (χ1v) is 10.9. The van der Waals surface area contributed by atoms with Crippen LogP contribution in [0.3, 0.4) is 0 Å². The molecule has 4 aromatic rings. The number of nitro benzene ring substituents is 1. The maximum Gasteiger partial charge on any atom is 0.275 e. The first kappa shape index (κ1) is 19.4. The molecule has 31 heavy (non-hydrogen) atoms. The molecule has 5 rings (SSSR count). The molecule has 0 spiro atoms. The summed E-state index contributed by atoms with van der Waals surface area (Å²) in [6.45, 7) is 1.85. The molecule has 2 atom stereocenters. The molecule has 2 heterocycles. The third-order valence-electron chi connectivity index (χ3n) is 5.53. The van der Waals surface area contributed by atoms with Crippen LogP contribution >= 0.6 is 11.8 Å². The molecule has 2 unspecified atom stereocenters. The molecule has 6 nitrogen and oxygen atoms in total. The zero-order chi connectivity index (χ0) is 21.5. The van der Waals surface area contributed by atoms with Crippen LogP contribution in [0.15, 0.2) is 78.9 Å². The minimum Gasteiger partial charge on any atom is -0.353 e. The Balaban J connectivity index is 1.77. The van der Waals surface area contributed by atoms with E-state index in [0.717, 1.165) is 27.8 Å². The molecule has 1 fully saturated rings. The zero-order valence-electron chi connectivity index (χ0n) is 16.7. The maximum absolute atomic E-state index is 13.4. The van der Waals surface area contributed by atoms with E-state index in [2.05, 4.69) is 4.98 Å². The van der Waals surface area contributed by atoms with Crippen LogP contribution in [0.4, 0.5) is 11.4 Å². The van der Waals surface area contributed by atoms with E-state index in [1.54, 1.807) is 23.1 Å². The predicted octanol–water partition coefficient (Wildman–Crippen LogP) is 5.91. The zero-order valence-corrected chi connectivity index (χ0v) is 17.5. The van der Waals surface area contributed by atoms with Gasteiger partial charge in [-0.05, 0) is 19.1 Å². The Morgan fingerprint density at radius 3 is 2.42 bits per heavy atom. The van der Waals surface area contributed by atoms with Crippen LogP contribution < -0.4 is 4.90 Å². The van der Waals surface area contributed by atoms with E-state index in [1.807, 2.05) is 61.5 Å². The number of anilines is 1. The molecule has 1 saturated heterocycles. The first-order chi connectivity index (χ1) is 15.1. The van der Waals surface area contributed by atoms with Gasteiger partial charge >= 0.3 is 0 Å². The predicted molar refractivity (Wildman–Crippen MR) is 124 cm³/mol. The van der Waals surface area contributed by atoms with Crippen molar-refractivity contribution in [1.29, 1.82) is 0 Å². The molecular weight excluding hydrogens is 410 g/mol. The summed E-state index contributed by atoms with van der Waals surface area (Å²) in [5.74, 6) is -0.0601. The highest BCUT2D eigenvalue weighted by molar-refractivity contribution is 8.01. The van der Waals surface area contributed by atoms with E-state index in [4.69, 9.17) is 0 Å². The molecule has 0 bridgehead atoms. The van der Waals surface area contributed by atoms with Gasteiger partial charge in [-0.2, -0.15) is 0 Å². The van der Waals surface area contributed by atoms with E-state index in [1.165, 1.54) is 17.8 Å². The van der Waals surface area contributed by atoms with Crippen molar-refractivity contribution in [3.05, 3.63) is 94.5 Å². The highest BCUT2D eigenvalue weighted by atomic mass is 32.2. The number of H-pyrrole nitrogens is 1. The number of amides is 1. The molecule has 3 aromatic carbocycles. The third kappa shape index (κ3) is 3.18. The van der Waals surface area contributed by atoms with Crippen LogP contribution in [0.2, 0.25) is 0 Å². The minimum atomic E-state index is -0.495. The lowest BCUT2D eigenvalue weighted by Crippen LogP contribution is -2.30. The van der Waals surface area contributed by atoms with Crippen LogP contribution in [-0.2, 0) is 4.79 Å². The number of aromatic amines is 1. The number of carbonyl (C=O) groups is 1. The number of carbonyl (C=O) groups excluding carboxylic acids is 1. The summed E-state index contributed by atoms with van der Waals surface area (Å²) in [5, 5.41) is 11.8. The molecule has 1 aromatic heterocycles. The van der Waals surface area contributed by atoms with Gasteiger partial charge < -0.3 is 4.98 Å². The average Bonchev–Trinajstić information content (AvgIpc) is 3.31. The van der Waals surface area contributed by atoms with Crippen molar-refractivity contribution in [2.24, 2.45) is 0 Å². The van der Waals surface area contributed by atoms with Crippen molar-refractivity contribution in [3.63, 3.8) is 0 Å². The largest absolute Gasteiger partial charge is 0.353 e. The average molecular weight is 430 g/mol. The van der Waals surface area contributed by atoms with Crippen LogP contribution in [0.1, 0.15) is 17.9 Å². The number of benzene rings is 3. The monoisotopic (exact) mass is 429 g/mol. The second-order valence-electron chi connectivity index (χ2n) is 7.42. The molecule has 1 aliphatic heterocycles. The summed E-state index contributed by atoms with van der Waals surface area (Å²) < 4.78 is 0. The van der Waals surface area contributed by atoms with Gasteiger partial charge in [-0.15, -0.1) is 11.8 Å². The second-order valence-corrected chi connectivity index (χ2v) is 8.84. The summed E-state index contributed by atoms with van der Waals surface area (Å²) in [6.07, 6.45) is 0. The minimum absolute atomic E-state index is 0.0213. The van der Waals surface area contributed by atoms with E-state index < -0.39 is 5.37 Å².